The molecule has 0 radical (unpaired) electrons. The number of carbonyl (C=O) groups is 3. The topological polar surface area (TPSA) is 130 Å². The van der Waals surface area contributed by atoms with Crippen LogP contribution in [0.2, 0.25) is 0 Å². The van der Waals surface area contributed by atoms with Crippen LogP contribution in [0.15, 0.2) is 22.6 Å². The molecular weight excluding hydrogens is 330 g/mol. The van der Waals surface area contributed by atoms with Crippen molar-refractivity contribution in [1.29, 1.82) is 0 Å². The minimum absolute atomic E-state index is 0.0144. The molecule has 2 saturated heterocycles. The predicted molar refractivity (Wildman–Crippen MR) is 82.9 cm³/mol. The van der Waals surface area contributed by atoms with Crippen LogP contribution >= 0.6 is 0 Å². The van der Waals surface area contributed by atoms with Crippen LogP contribution in [0.3, 0.4) is 0 Å². The molecule has 25 heavy (non-hydrogen) atoms. The maximum Gasteiger partial charge on any atom is 0.404 e. The second-order valence-electron chi connectivity index (χ2n) is 6.58. The summed E-state index contributed by atoms with van der Waals surface area (Å²) in [7, 11) is 2.88. The van der Waals surface area contributed by atoms with Gasteiger partial charge in [0.15, 0.2) is 11.5 Å². The number of hydrogen-bond acceptors (Lipinski definition) is 8. The van der Waals surface area contributed by atoms with Gasteiger partial charge in [-0.25, -0.2) is 4.79 Å². The minimum Gasteiger partial charge on any atom is -0.492 e. The first-order valence-electron chi connectivity index (χ1n) is 7.98. The summed E-state index contributed by atoms with van der Waals surface area (Å²) in [5.74, 6) is -1.27. The number of nitrogens with zero attached hydrogens (tertiary/aromatic N) is 1. The van der Waals surface area contributed by atoms with Crippen LogP contribution in [-0.2, 0) is 23.8 Å². The number of fused-ring (bicyclic) bond motifs is 4. The highest BCUT2D eigenvalue weighted by Gasteiger charge is 2.72. The third-order valence-corrected chi connectivity index (χ3v) is 5.58. The molecule has 9 heteroatoms. The van der Waals surface area contributed by atoms with Crippen molar-refractivity contribution in [2.75, 3.05) is 27.4 Å². The molecule has 1 amide bonds. The first-order chi connectivity index (χ1) is 11.9. The van der Waals surface area contributed by atoms with E-state index in [4.69, 9.17) is 19.9 Å². The quantitative estimate of drug-likeness (QED) is 0.490. The van der Waals surface area contributed by atoms with Crippen molar-refractivity contribution in [3.05, 3.63) is 22.6 Å². The fraction of sp³-hybridized carbons (Fsp3) is 0.562. The van der Waals surface area contributed by atoms with Crippen molar-refractivity contribution in [2.24, 2.45) is 11.7 Å². The Morgan fingerprint density at radius 3 is 2.68 bits per heavy atom. The molecule has 3 heterocycles. The summed E-state index contributed by atoms with van der Waals surface area (Å²) >= 11 is 0. The van der Waals surface area contributed by atoms with Crippen LogP contribution in [-0.4, -0.2) is 67.7 Å². The van der Waals surface area contributed by atoms with Gasteiger partial charge in [-0.2, -0.15) is 0 Å². The zero-order valence-corrected chi connectivity index (χ0v) is 14.1. The number of nitrogens with two attached hydrogens (primary N) is 1. The summed E-state index contributed by atoms with van der Waals surface area (Å²) in [5, 5.41) is 3.29. The number of rotatable bonds is 4. The molecule has 2 fully saturated rings. The molecule has 134 valence electrons. The van der Waals surface area contributed by atoms with E-state index in [1.807, 2.05) is 4.90 Å². The van der Waals surface area contributed by atoms with E-state index >= 15 is 0 Å². The number of ketones is 2. The fourth-order valence-corrected chi connectivity index (χ4v) is 4.51. The number of piperazine rings is 1. The predicted octanol–water partition coefficient (Wildman–Crippen LogP) is -0.963. The number of hydrogen-bond donors (Lipinski definition) is 2. The van der Waals surface area contributed by atoms with Gasteiger partial charge in [-0.3, -0.25) is 9.59 Å². The lowest BCUT2D eigenvalue weighted by atomic mass is 9.83. The van der Waals surface area contributed by atoms with Crippen molar-refractivity contribution < 1.29 is 28.6 Å². The SMILES string of the molecule is COC1=C(C)C(=O)C2=C(C1=O)[C@@H](COC(N)=O)[C@]1(OC)[C@H]3N[C@@H]3CN21. The smallest absolute Gasteiger partial charge is 0.404 e. The zero-order valence-electron chi connectivity index (χ0n) is 14.1. The number of methoxy groups -OCH3 is 2. The number of amides is 1. The highest BCUT2D eigenvalue weighted by atomic mass is 16.6. The molecule has 4 aliphatic rings. The molecule has 0 aromatic rings. The molecule has 0 unspecified atom stereocenters. The zero-order chi connectivity index (χ0) is 18.1. The normalized spacial score (nSPS) is 35.6. The Bertz CT molecular complexity index is 772. The van der Waals surface area contributed by atoms with E-state index in [-0.39, 0.29) is 47.2 Å². The molecule has 9 nitrogen and oxygen atoms in total. The monoisotopic (exact) mass is 349 g/mol. The van der Waals surface area contributed by atoms with Gasteiger partial charge >= 0.3 is 6.09 Å². The number of primary amides is 1. The second-order valence-corrected chi connectivity index (χ2v) is 6.58. The molecule has 1 aliphatic carbocycles. The van der Waals surface area contributed by atoms with Gasteiger partial charge < -0.3 is 30.2 Å². The van der Waals surface area contributed by atoms with Crippen molar-refractivity contribution in [2.45, 2.75) is 24.7 Å². The molecule has 0 aromatic heterocycles. The summed E-state index contributed by atoms with van der Waals surface area (Å²) in [6.07, 6.45) is -0.946. The average molecular weight is 349 g/mol. The molecule has 0 bridgehead atoms. The van der Waals surface area contributed by atoms with E-state index < -0.39 is 17.7 Å². The van der Waals surface area contributed by atoms with E-state index in [0.717, 1.165) is 0 Å². The van der Waals surface area contributed by atoms with Gasteiger partial charge in [-0.05, 0) is 6.92 Å². The van der Waals surface area contributed by atoms with Crippen LogP contribution < -0.4 is 11.1 Å². The van der Waals surface area contributed by atoms with Gasteiger partial charge in [0.2, 0.25) is 11.6 Å². The summed E-state index contributed by atoms with van der Waals surface area (Å²) in [4.78, 5) is 38.9. The van der Waals surface area contributed by atoms with Crippen LogP contribution in [0.25, 0.3) is 0 Å². The number of nitrogens with one attached hydrogen (secondary N) is 1. The first-order valence-corrected chi connectivity index (χ1v) is 7.98. The van der Waals surface area contributed by atoms with Gasteiger partial charge in [0.05, 0.1) is 24.8 Å². The Balaban J connectivity index is 1.84. The Morgan fingerprint density at radius 2 is 2.08 bits per heavy atom. The molecule has 0 aromatic carbocycles. The Hall–Kier alpha value is -2.39. The maximum absolute atomic E-state index is 13.0. The highest BCUT2D eigenvalue weighted by molar-refractivity contribution is 6.25. The van der Waals surface area contributed by atoms with Crippen molar-refractivity contribution in [3.63, 3.8) is 0 Å². The van der Waals surface area contributed by atoms with Gasteiger partial charge in [-0.1, -0.05) is 0 Å². The van der Waals surface area contributed by atoms with Gasteiger partial charge in [0, 0.05) is 30.8 Å². The molecule has 3 aliphatic heterocycles. The summed E-state index contributed by atoms with van der Waals surface area (Å²) < 4.78 is 16.0. The van der Waals surface area contributed by atoms with E-state index in [1.165, 1.54) is 14.2 Å². The van der Waals surface area contributed by atoms with E-state index in [1.54, 1.807) is 6.92 Å². The summed E-state index contributed by atoms with van der Waals surface area (Å²) in [6, 6.07) is 0.109. The summed E-state index contributed by atoms with van der Waals surface area (Å²) in [6.45, 7) is 1.96. The molecule has 3 N–H and O–H groups in total. The van der Waals surface area contributed by atoms with Crippen LogP contribution in [0, 0.1) is 5.92 Å². The van der Waals surface area contributed by atoms with Crippen molar-refractivity contribution in [1.82, 2.24) is 10.2 Å². The lowest BCUT2D eigenvalue weighted by Gasteiger charge is -2.39. The van der Waals surface area contributed by atoms with E-state index in [9.17, 15) is 14.4 Å². The van der Waals surface area contributed by atoms with Gasteiger partial charge in [-0.15, -0.1) is 0 Å². The molecule has 4 atom stereocenters. The lowest BCUT2D eigenvalue weighted by molar-refractivity contribution is -0.137. The lowest BCUT2D eigenvalue weighted by Crippen LogP contribution is -2.55. The number of allylic oxidation sites excluding steroid dienone is 2. The maximum atomic E-state index is 13.0. The van der Waals surface area contributed by atoms with Crippen LogP contribution in [0.5, 0.6) is 0 Å². The molecule has 0 spiro atoms. The molecule has 4 rings (SSSR count). The Labute approximate surface area is 143 Å². The molecule has 0 saturated carbocycles. The van der Waals surface area contributed by atoms with E-state index in [0.29, 0.717) is 12.2 Å². The van der Waals surface area contributed by atoms with Gasteiger partial charge in [0.1, 0.15) is 6.61 Å². The van der Waals surface area contributed by atoms with Crippen LogP contribution in [0.4, 0.5) is 4.79 Å². The third-order valence-electron chi connectivity index (χ3n) is 5.58. The minimum atomic E-state index is -0.959. The standard InChI is InChI=1S/C16H19N3O6/c1-6-11(20)10-9(12(21)13(6)23-2)7(5-25-15(17)22)16(24-3)14-8(18-14)4-19(10)16/h7-8,14,18H,4-5H2,1-3H3,(H2,17,22)/t7-,8-,14+,16+/m1/s1. The fourth-order valence-electron chi connectivity index (χ4n) is 4.51. The number of Topliss-reactive ketones (excluding diaryl/α,β-unsaturated/α-hetero) is 2. The second kappa shape index (κ2) is 5.06. The highest BCUT2D eigenvalue weighted by Crippen LogP contribution is 2.55. The molecular formula is C16H19N3O6. The first kappa shape index (κ1) is 16.1. The average Bonchev–Trinajstić information content (AvgIpc) is 3.18. The number of ether oxygens (including phenoxy) is 3. The van der Waals surface area contributed by atoms with E-state index in [2.05, 4.69) is 5.32 Å². The van der Waals surface area contributed by atoms with Gasteiger partial charge in [0.25, 0.3) is 0 Å². The van der Waals surface area contributed by atoms with Crippen LogP contribution in [0.1, 0.15) is 6.92 Å². The number of carbonyl (C=O) groups excluding carboxylic acids is 3. The Kier molecular flexibility index (Phi) is 3.26. The Morgan fingerprint density at radius 1 is 1.36 bits per heavy atom. The largest absolute Gasteiger partial charge is 0.492 e. The van der Waals surface area contributed by atoms with Crippen molar-refractivity contribution in [3.8, 4) is 0 Å². The third kappa shape index (κ3) is 1.82. The van der Waals surface area contributed by atoms with Crippen molar-refractivity contribution >= 4 is 17.7 Å². The summed E-state index contributed by atoms with van der Waals surface area (Å²) in [5.41, 5.74) is 5.00.